The van der Waals surface area contributed by atoms with Crippen molar-refractivity contribution < 1.29 is 13.6 Å². The molecule has 0 bridgehead atoms. The average molecular weight is 358 g/mol. The van der Waals surface area contributed by atoms with Crippen LogP contribution in [0.5, 0.6) is 0 Å². The smallest absolute Gasteiger partial charge is 0.247 e. The van der Waals surface area contributed by atoms with E-state index < -0.39 is 5.41 Å². The summed E-state index contributed by atoms with van der Waals surface area (Å²) in [6, 6.07) is 12.6. The van der Waals surface area contributed by atoms with E-state index in [-0.39, 0.29) is 17.6 Å². The first-order chi connectivity index (χ1) is 12.1. The maximum absolute atomic E-state index is 13.0. The lowest BCUT2D eigenvalue weighted by atomic mass is 10.1. The maximum Gasteiger partial charge on any atom is 0.247 e. The topological polar surface area (TPSA) is 68.0 Å². The van der Waals surface area contributed by atoms with E-state index in [0.717, 1.165) is 5.56 Å². The van der Waals surface area contributed by atoms with Crippen molar-refractivity contribution in [3.05, 3.63) is 65.3 Å². The molecule has 5 nitrogen and oxygen atoms in total. The molecule has 126 valence electrons. The van der Waals surface area contributed by atoms with Crippen molar-refractivity contribution in [2.24, 2.45) is 0 Å². The Morgan fingerprint density at radius 3 is 2.40 bits per heavy atom. The van der Waals surface area contributed by atoms with Crippen LogP contribution < -0.4 is 5.32 Å². The molecule has 1 fully saturated rings. The molecule has 25 heavy (non-hydrogen) atoms. The van der Waals surface area contributed by atoms with Crippen LogP contribution >= 0.6 is 11.6 Å². The van der Waals surface area contributed by atoms with Gasteiger partial charge >= 0.3 is 0 Å². The van der Waals surface area contributed by atoms with Gasteiger partial charge in [-0.15, -0.1) is 10.2 Å². The number of nitrogens with zero attached hydrogens (tertiary/aromatic N) is 2. The predicted molar refractivity (Wildman–Crippen MR) is 90.7 cm³/mol. The van der Waals surface area contributed by atoms with Crippen molar-refractivity contribution in [1.82, 2.24) is 10.2 Å². The first kappa shape index (κ1) is 15.8. The molecule has 0 atom stereocenters. The number of carbonyl (C=O) groups is 1. The van der Waals surface area contributed by atoms with Gasteiger partial charge in [0, 0.05) is 16.3 Å². The number of anilines is 1. The number of benzene rings is 2. The van der Waals surface area contributed by atoms with Gasteiger partial charge in [-0.2, -0.15) is 0 Å². The number of aromatic nitrogens is 2. The number of hydrogen-bond donors (Lipinski definition) is 1. The van der Waals surface area contributed by atoms with Crippen LogP contribution in [0.25, 0.3) is 11.5 Å². The van der Waals surface area contributed by atoms with E-state index in [0.29, 0.717) is 29.4 Å². The molecule has 1 saturated carbocycles. The number of amides is 1. The summed E-state index contributed by atoms with van der Waals surface area (Å²) in [7, 11) is 0. The quantitative estimate of drug-likeness (QED) is 0.759. The third kappa shape index (κ3) is 3.00. The number of rotatable bonds is 4. The largest absolute Gasteiger partial charge is 0.420 e. The summed E-state index contributed by atoms with van der Waals surface area (Å²) in [5.41, 5.74) is 0.444. The highest BCUT2D eigenvalue weighted by molar-refractivity contribution is 6.30. The van der Waals surface area contributed by atoms with E-state index in [2.05, 4.69) is 15.5 Å². The second kappa shape index (κ2) is 5.97. The van der Waals surface area contributed by atoms with Gasteiger partial charge in [-0.3, -0.25) is 4.79 Å². The Morgan fingerprint density at radius 1 is 1.08 bits per heavy atom. The highest BCUT2D eigenvalue weighted by Crippen LogP contribution is 2.48. The molecule has 7 heteroatoms. The van der Waals surface area contributed by atoms with Crippen molar-refractivity contribution in [3.63, 3.8) is 0 Å². The Bertz CT molecular complexity index is 918. The molecule has 0 unspecified atom stereocenters. The minimum Gasteiger partial charge on any atom is -0.420 e. The number of nitrogens with one attached hydrogen (secondary N) is 1. The molecular weight excluding hydrogens is 345 g/mol. The van der Waals surface area contributed by atoms with Gasteiger partial charge in [0.05, 0.1) is 0 Å². The van der Waals surface area contributed by atoms with E-state index in [1.54, 1.807) is 24.3 Å². The standard InChI is InChI=1S/C18H13ClFN3O2/c19-12-3-1-11(2-4-12)15-22-23-17(25-15)18(9-10-18)16(24)21-14-7-5-13(20)6-8-14/h1-8H,9-10H2,(H,21,24). The van der Waals surface area contributed by atoms with E-state index in [9.17, 15) is 9.18 Å². The number of carbonyl (C=O) groups excluding carboxylic acids is 1. The predicted octanol–water partition coefficient (Wildman–Crippen LogP) is 4.20. The third-order valence-corrected chi connectivity index (χ3v) is 4.46. The SMILES string of the molecule is O=C(Nc1ccc(F)cc1)C1(c2nnc(-c3ccc(Cl)cc3)o2)CC1. The lowest BCUT2D eigenvalue weighted by Crippen LogP contribution is -2.28. The van der Waals surface area contributed by atoms with Crippen LogP contribution in [0, 0.1) is 5.82 Å². The minimum absolute atomic E-state index is 0.231. The van der Waals surface area contributed by atoms with Crippen LogP contribution in [0.15, 0.2) is 52.9 Å². The molecule has 2 aromatic carbocycles. The zero-order valence-electron chi connectivity index (χ0n) is 13.0. The highest BCUT2D eigenvalue weighted by atomic mass is 35.5. The molecule has 1 N–H and O–H groups in total. The first-order valence-electron chi connectivity index (χ1n) is 7.74. The summed E-state index contributed by atoms with van der Waals surface area (Å²) in [5.74, 6) is 0.0404. The van der Waals surface area contributed by atoms with Crippen molar-refractivity contribution in [1.29, 1.82) is 0 Å². The molecule has 3 aromatic rings. The molecule has 0 spiro atoms. The highest BCUT2D eigenvalue weighted by Gasteiger charge is 2.56. The molecule has 1 heterocycles. The van der Waals surface area contributed by atoms with E-state index in [4.69, 9.17) is 16.0 Å². The van der Waals surface area contributed by atoms with Gasteiger partial charge in [0.1, 0.15) is 11.2 Å². The van der Waals surface area contributed by atoms with Crippen molar-refractivity contribution in [2.45, 2.75) is 18.3 Å². The molecular formula is C18H13ClFN3O2. The van der Waals surface area contributed by atoms with Crippen LogP contribution in [-0.4, -0.2) is 16.1 Å². The fraction of sp³-hybridized carbons (Fsp3) is 0.167. The Labute approximate surface area is 147 Å². The van der Waals surface area contributed by atoms with E-state index >= 15 is 0 Å². The molecule has 0 radical (unpaired) electrons. The zero-order valence-corrected chi connectivity index (χ0v) is 13.8. The summed E-state index contributed by atoms with van der Waals surface area (Å²) in [4.78, 5) is 12.6. The molecule has 4 rings (SSSR count). The Morgan fingerprint density at radius 2 is 1.76 bits per heavy atom. The maximum atomic E-state index is 13.0. The van der Waals surface area contributed by atoms with E-state index in [1.165, 1.54) is 24.3 Å². The normalized spacial score (nSPS) is 15.0. The molecule has 1 aromatic heterocycles. The third-order valence-electron chi connectivity index (χ3n) is 4.21. The van der Waals surface area contributed by atoms with Crippen LogP contribution in [0.1, 0.15) is 18.7 Å². The Kier molecular flexibility index (Phi) is 3.77. The van der Waals surface area contributed by atoms with Gasteiger partial charge in [0.25, 0.3) is 0 Å². The van der Waals surface area contributed by atoms with Crippen LogP contribution in [-0.2, 0) is 10.2 Å². The summed E-state index contributed by atoms with van der Waals surface area (Å²) in [6.07, 6.45) is 1.25. The van der Waals surface area contributed by atoms with Gasteiger partial charge in [-0.25, -0.2) is 4.39 Å². The van der Waals surface area contributed by atoms with Crippen LogP contribution in [0.2, 0.25) is 5.02 Å². The van der Waals surface area contributed by atoms with E-state index in [1.807, 2.05) is 0 Å². The second-order valence-electron chi connectivity index (χ2n) is 5.96. The van der Waals surface area contributed by atoms with Crippen LogP contribution in [0.4, 0.5) is 10.1 Å². The minimum atomic E-state index is -0.813. The fourth-order valence-corrected chi connectivity index (χ4v) is 2.70. The summed E-state index contributed by atoms with van der Waals surface area (Å²) in [5, 5.41) is 11.5. The molecule has 0 aliphatic heterocycles. The summed E-state index contributed by atoms with van der Waals surface area (Å²) >= 11 is 5.87. The van der Waals surface area contributed by atoms with Crippen molar-refractivity contribution >= 4 is 23.2 Å². The molecule has 1 amide bonds. The summed E-state index contributed by atoms with van der Waals surface area (Å²) < 4.78 is 18.7. The molecule has 1 aliphatic carbocycles. The Hall–Kier alpha value is -2.73. The average Bonchev–Trinajstić information content (AvgIpc) is 3.28. The van der Waals surface area contributed by atoms with Gasteiger partial charge in [0.2, 0.25) is 17.7 Å². The second-order valence-corrected chi connectivity index (χ2v) is 6.40. The van der Waals surface area contributed by atoms with Gasteiger partial charge in [0.15, 0.2) is 0 Å². The lowest BCUT2D eigenvalue weighted by molar-refractivity contribution is -0.119. The summed E-state index contributed by atoms with van der Waals surface area (Å²) in [6.45, 7) is 0. The van der Waals surface area contributed by atoms with Gasteiger partial charge in [-0.05, 0) is 61.4 Å². The number of halogens is 2. The fourth-order valence-electron chi connectivity index (χ4n) is 2.57. The molecule has 1 aliphatic rings. The molecule has 0 saturated heterocycles. The lowest BCUT2D eigenvalue weighted by Gasteiger charge is -2.11. The van der Waals surface area contributed by atoms with Crippen LogP contribution in [0.3, 0.4) is 0 Å². The van der Waals surface area contributed by atoms with Crippen molar-refractivity contribution in [3.8, 4) is 11.5 Å². The monoisotopic (exact) mass is 357 g/mol. The number of hydrogen-bond acceptors (Lipinski definition) is 4. The van der Waals surface area contributed by atoms with Crippen molar-refractivity contribution in [2.75, 3.05) is 5.32 Å². The van der Waals surface area contributed by atoms with Gasteiger partial charge < -0.3 is 9.73 Å². The van der Waals surface area contributed by atoms with Gasteiger partial charge in [-0.1, -0.05) is 11.6 Å². The first-order valence-corrected chi connectivity index (χ1v) is 8.12. The Balaban J connectivity index is 1.55. The zero-order chi connectivity index (χ0) is 17.4.